The third-order valence-corrected chi connectivity index (χ3v) is 5.85. The topological polar surface area (TPSA) is 40.5 Å². The summed E-state index contributed by atoms with van der Waals surface area (Å²) in [5.74, 6) is 0. The Balaban J connectivity index is 1.74. The molecule has 1 saturated heterocycles. The molecule has 1 aromatic heterocycles. The van der Waals surface area contributed by atoms with Crippen LogP contribution < -0.4 is 5.56 Å². The molecule has 21 heavy (non-hydrogen) atoms. The van der Waals surface area contributed by atoms with Gasteiger partial charge in [-0.2, -0.15) is 0 Å². The molecule has 0 saturated carbocycles. The van der Waals surface area contributed by atoms with Gasteiger partial charge in [0, 0.05) is 0 Å². The second kappa shape index (κ2) is 5.28. The molecule has 106 valence electrons. The maximum absolute atomic E-state index is 12.4. The van der Waals surface area contributed by atoms with Crippen LogP contribution in [0.2, 0.25) is 0 Å². The average molecular weight is 346 g/mol. The van der Waals surface area contributed by atoms with Gasteiger partial charge in [-0.15, -0.1) is 0 Å². The van der Waals surface area contributed by atoms with Crippen LogP contribution in [0.25, 0.3) is 15.3 Å². The minimum atomic E-state index is -0.268. The summed E-state index contributed by atoms with van der Waals surface area (Å²) < 4.78 is 14.0. The van der Waals surface area contributed by atoms with Crippen molar-refractivity contribution in [3.63, 3.8) is 0 Å². The molecule has 0 atom stereocenters. The van der Waals surface area contributed by atoms with Crippen molar-refractivity contribution in [2.24, 2.45) is 0 Å². The first kappa shape index (κ1) is 13.0. The quantitative estimate of drug-likeness (QED) is 0.667. The van der Waals surface area contributed by atoms with E-state index in [4.69, 9.17) is 9.47 Å². The Hall–Kier alpha value is -1.65. The fourth-order valence-electron chi connectivity index (χ4n) is 2.46. The third-order valence-electron chi connectivity index (χ3n) is 3.51. The van der Waals surface area contributed by atoms with Gasteiger partial charge in [-0.25, -0.2) is 0 Å². The Morgan fingerprint density at radius 1 is 1.00 bits per heavy atom. The van der Waals surface area contributed by atoms with Crippen LogP contribution in [-0.4, -0.2) is 31.5 Å². The summed E-state index contributed by atoms with van der Waals surface area (Å²) >= 11 is 0.00948. The van der Waals surface area contributed by atoms with Crippen molar-refractivity contribution in [1.29, 1.82) is 0 Å². The van der Waals surface area contributed by atoms with Gasteiger partial charge in [-0.1, -0.05) is 0 Å². The number of rotatable bonds is 2. The number of hydrogen-bond donors (Lipinski definition) is 0. The number of aromatic nitrogens is 1. The Kier molecular flexibility index (Phi) is 3.28. The SMILES string of the molecule is O=c1c2ccccc2[se]n1-c1ccc(C2OCCO2)cc1. The number of benzene rings is 2. The number of fused-ring (bicyclic) bond motifs is 1. The van der Waals surface area contributed by atoms with Crippen molar-refractivity contribution in [3.8, 4) is 5.69 Å². The van der Waals surface area contributed by atoms with E-state index in [9.17, 15) is 4.79 Å². The molecule has 0 amide bonds. The van der Waals surface area contributed by atoms with Gasteiger partial charge in [0.2, 0.25) is 0 Å². The van der Waals surface area contributed by atoms with E-state index in [-0.39, 0.29) is 26.6 Å². The van der Waals surface area contributed by atoms with Gasteiger partial charge < -0.3 is 0 Å². The van der Waals surface area contributed by atoms with Crippen LogP contribution in [0.4, 0.5) is 0 Å². The van der Waals surface area contributed by atoms with Crippen LogP contribution >= 0.6 is 0 Å². The van der Waals surface area contributed by atoms with E-state index in [1.165, 1.54) is 0 Å². The van der Waals surface area contributed by atoms with Gasteiger partial charge in [-0.3, -0.25) is 0 Å². The summed E-state index contributed by atoms with van der Waals surface area (Å²) in [6, 6.07) is 15.7. The standard InChI is InChI=1S/C16H13NO3Se/c18-15-13-3-1-2-4-14(13)21-17(15)12-7-5-11(6-8-12)16-19-9-10-20-16/h1-8,16H,9-10H2. The average Bonchev–Trinajstić information content (AvgIpc) is 3.17. The molecule has 4 rings (SSSR count). The molecule has 0 unspecified atom stereocenters. The summed E-state index contributed by atoms with van der Waals surface area (Å²) in [5, 5.41) is 0.823. The van der Waals surface area contributed by atoms with E-state index in [1.54, 1.807) is 0 Å². The molecule has 0 bridgehead atoms. The Labute approximate surface area is 127 Å². The van der Waals surface area contributed by atoms with Gasteiger partial charge in [0.1, 0.15) is 0 Å². The third kappa shape index (κ3) is 2.28. The maximum atomic E-state index is 12.4. The molecule has 1 fully saturated rings. The van der Waals surface area contributed by atoms with E-state index in [0.29, 0.717) is 13.2 Å². The zero-order chi connectivity index (χ0) is 14.2. The Morgan fingerprint density at radius 3 is 2.43 bits per heavy atom. The molecule has 0 radical (unpaired) electrons. The van der Waals surface area contributed by atoms with Crippen LogP contribution in [0.15, 0.2) is 53.3 Å². The monoisotopic (exact) mass is 347 g/mol. The van der Waals surface area contributed by atoms with Crippen molar-refractivity contribution in [3.05, 3.63) is 64.4 Å². The van der Waals surface area contributed by atoms with Crippen LogP contribution in [0.5, 0.6) is 0 Å². The van der Waals surface area contributed by atoms with Crippen LogP contribution in [-0.2, 0) is 9.47 Å². The van der Waals surface area contributed by atoms with E-state index in [1.807, 2.05) is 52.1 Å². The van der Waals surface area contributed by atoms with Gasteiger partial charge in [0.15, 0.2) is 0 Å². The molecule has 0 spiro atoms. The molecule has 2 aromatic carbocycles. The predicted octanol–water partition coefficient (Wildman–Crippen LogP) is 2.09. The molecule has 0 aliphatic carbocycles. The predicted molar refractivity (Wildman–Crippen MR) is 81.1 cm³/mol. The summed E-state index contributed by atoms with van der Waals surface area (Å²) in [6.45, 7) is 1.27. The van der Waals surface area contributed by atoms with E-state index < -0.39 is 0 Å². The van der Waals surface area contributed by atoms with E-state index in [2.05, 4.69) is 0 Å². The second-order valence-electron chi connectivity index (χ2n) is 4.85. The van der Waals surface area contributed by atoms with Crippen molar-refractivity contribution in [1.82, 2.24) is 3.56 Å². The van der Waals surface area contributed by atoms with Crippen molar-refractivity contribution in [2.45, 2.75) is 6.29 Å². The molecule has 1 aliphatic heterocycles. The first-order valence-electron chi connectivity index (χ1n) is 6.77. The van der Waals surface area contributed by atoms with E-state index in [0.717, 1.165) is 20.9 Å². The molecule has 1 aliphatic rings. The molecule has 4 nitrogen and oxygen atoms in total. The van der Waals surface area contributed by atoms with Gasteiger partial charge in [0.05, 0.1) is 0 Å². The zero-order valence-corrected chi connectivity index (χ0v) is 12.9. The summed E-state index contributed by atoms with van der Waals surface area (Å²) in [7, 11) is 0. The first-order chi connectivity index (χ1) is 10.3. The summed E-state index contributed by atoms with van der Waals surface area (Å²) in [5.41, 5.74) is 2.01. The van der Waals surface area contributed by atoms with Crippen LogP contribution in [0.1, 0.15) is 11.9 Å². The normalized spacial score (nSPS) is 15.8. The first-order valence-corrected chi connectivity index (χ1v) is 8.40. The van der Waals surface area contributed by atoms with Crippen molar-refractivity contribution in [2.75, 3.05) is 13.2 Å². The fraction of sp³-hybridized carbons (Fsp3) is 0.188. The Morgan fingerprint density at radius 2 is 1.71 bits per heavy atom. The number of hydrogen-bond acceptors (Lipinski definition) is 3. The molecular weight excluding hydrogens is 333 g/mol. The van der Waals surface area contributed by atoms with Crippen LogP contribution in [0, 0.1) is 0 Å². The van der Waals surface area contributed by atoms with Crippen LogP contribution in [0.3, 0.4) is 0 Å². The van der Waals surface area contributed by atoms with Crippen molar-refractivity contribution >= 4 is 24.4 Å². The fourth-order valence-corrected chi connectivity index (χ4v) is 4.55. The number of ether oxygens (including phenoxy) is 2. The van der Waals surface area contributed by atoms with Crippen molar-refractivity contribution < 1.29 is 9.47 Å². The molecule has 2 heterocycles. The Bertz CT molecular complexity index is 829. The molecule has 3 aromatic rings. The molecule has 5 heteroatoms. The second-order valence-corrected chi connectivity index (χ2v) is 6.92. The summed E-state index contributed by atoms with van der Waals surface area (Å²) in [6.07, 6.45) is -0.268. The van der Waals surface area contributed by atoms with Gasteiger partial charge >= 0.3 is 127 Å². The minimum absolute atomic E-state index is 0.00948. The van der Waals surface area contributed by atoms with Gasteiger partial charge in [-0.05, 0) is 0 Å². The summed E-state index contributed by atoms with van der Waals surface area (Å²) in [4.78, 5) is 12.4. The molecular formula is C16H13NO3Se. The van der Waals surface area contributed by atoms with E-state index >= 15 is 0 Å². The zero-order valence-electron chi connectivity index (χ0n) is 11.2. The van der Waals surface area contributed by atoms with Gasteiger partial charge in [0.25, 0.3) is 0 Å². The number of nitrogens with zero attached hydrogens (tertiary/aromatic N) is 1. The molecule has 0 N–H and O–H groups in total.